The Morgan fingerprint density at radius 3 is 1.46 bits per heavy atom. The van der Waals surface area contributed by atoms with E-state index in [9.17, 15) is 4.79 Å². The second-order valence-electron chi connectivity index (χ2n) is 1.44. The lowest BCUT2D eigenvalue weighted by Gasteiger charge is -1.89. The molecule has 0 aliphatic rings. The summed E-state index contributed by atoms with van der Waals surface area (Å²) in [5, 5.41) is 14.4. The van der Waals surface area contributed by atoms with Crippen LogP contribution in [0.1, 0.15) is 20.8 Å². The Kier molecular flexibility index (Phi) is 39.1. The van der Waals surface area contributed by atoms with Crippen molar-refractivity contribution in [2.24, 2.45) is 0 Å². The minimum Gasteiger partial charge on any atom is -0.481 e. The number of esters is 1. The molecular weight excluding hydrogens is 180 g/mol. The first-order valence-corrected chi connectivity index (χ1v) is 3.28. The second-order valence-corrected chi connectivity index (χ2v) is 1.44. The van der Waals surface area contributed by atoms with E-state index in [1.165, 1.54) is 6.92 Å². The van der Waals surface area contributed by atoms with Crippen molar-refractivity contribution in [2.45, 2.75) is 20.8 Å². The molecule has 82 valence electrons. The molecule has 0 rings (SSSR count). The summed E-state index contributed by atoms with van der Waals surface area (Å²) in [4.78, 5) is 18.8. The second kappa shape index (κ2) is 22.4. The zero-order chi connectivity index (χ0) is 10.6. The maximum atomic E-state index is 9.82. The average molecular weight is 198 g/mol. The Bertz CT molecular complexity index is 108. The summed E-state index contributed by atoms with van der Waals surface area (Å²) in [6, 6.07) is 0. The van der Waals surface area contributed by atoms with Gasteiger partial charge < -0.3 is 20.4 Å². The molecule has 0 aromatic carbocycles. The Morgan fingerprint density at radius 2 is 1.46 bits per heavy atom. The lowest BCUT2D eigenvalue weighted by Crippen LogP contribution is -1.95. The monoisotopic (exact) mass is 198 g/mol. The highest BCUT2D eigenvalue weighted by molar-refractivity contribution is 5.65. The highest BCUT2D eigenvalue weighted by Crippen LogP contribution is 1.69. The number of ether oxygens (including phenoxy) is 1. The molecule has 0 aliphatic heterocycles. The molecule has 0 aromatic rings. The molecule has 13 heavy (non-hydrogen) atoms. The Morgan fingerprint density at radius 1 is 1.23 bits per heavy atom. The molecule has 0 fully saturated rings. The maximum Gasteiger partial charge on any atom is 0.302 e. The molecule has 0 atom stereocenters. The smallest absolute Gasteiger partial charge is 0.302 e. The first-order valence-electron chi connectivity index (χ1n) is 3.28. The normalized spacial score (nSPS) is 5.92. The average Bonchev–Trinajstić information content (AvgIpc) is 1.90. The van der Waals surface area contributed by atoms with Gasteiger partial charge in [-0.15, -0.1) is 0 Å². The van der Waals surface area contributed by atoms with Crippen molar-refractivity contribution >= 4 is 11.9 Å². The van der Waals surface area contributed by atoms with Gasteiger partial charge in [-0.2, -0.15) is 0 Å². The van der Waals surface area contributed by atoms with E-state index < -0.39 is 5.97 Å². The van der Waals surface area contributed by atoms with E-state index in [0.29, 0.717) is 6.61 Å². The molecule has 0 heterocycles. The molecule has 0 aliphatic carbocycles. The van der Waals surface area contributed by atoms with Crippen molar-refractivity contribution in [1.29, 1.82) is 0 Å². The van der Waals surface area contributed by atoms with Crippen molar-refractivity contribution < 1.29 is 30.0 Å². The van der Waals surface area contributed by atoms with Crippen LogP contribution in [-0.4, -0.2) is 41.3 Å². The van der Waals surface area contributed by atoms with E-state index in [1.54, 1.807) is 6.92 Å². The summed E-state index contributed by atoms with van der Waals surface area (Å²) in [6.07, 6.45) is 0. The van der Waals surface area contributed by atoms with Crippen LogP contribution in [0, 0.1) is 0 Å². The fourth-order valence-corrected chi connectivity index (χ4v) is 0.203. The minimum absolute atomic E-state index is 0. The number of aliphatic hydroxyl groups is 1. The highest BCUT2D eigenvalue weighted by atomic mass is 16.5. The van der Waals surface area contributed by atoms with Crippen LogP contribution in [0.2, 0.25) is 0 Å². The van der Waals surface area contributed by atoms with Crippen LogP contribution >= 0.6 is 0 Å². The van der Waals surface area contributed by atoms with Gasteiger partial charge in [-0.05, 0) is 6.92 Å². The quantitative estimate of drug-likeness (QED) is 0.548. The van der Waals surface area contributed by atoms with Crippen molar-refractivity contribution in [3.63, 3.8) is 0 Å². The van der Waals surface area contributed by atoms with Gasteiger partial charge >= 0.3 is 5.97 Å². The van der Waals surface area contributed by atoms with Gasteiger partial charge in [0.1, 0.15) is 0 Å². The maximum absolute atomic E-state index is 9.82. The van der Waals surface area contributed by atoms with Crippen molar-refractivity contribution in [3.8, 4) is 0 Å². The van der Waals surface area contributed by atoms with Crippen LogP contribution in [0.25, 0.3) is 0 Å². The molecule has 0 amide bonds. The van der Waals surface area contributed by atoms with Crippen LogP contribution in [0.15, 0.2) is 0 Å². The molecule has 0 spiro atoms. The number of carboxylic acid groups (broad SMARTS) is 1. The number of rotatable bonds is 1. The van der Waals surface area contributed by atoms with Crippen LogP contribution in [-0.2, 0) is 14.3 Å². The Labute approximate surface area is 77.4 Å². The molecule has 6 heteroatoms. The van der Waals surface area contributed by atoms with Crippen LogP contribution < -0.4 is 0 Å². The Hall–Kier alpha value is -1.14. The summed E-state index contributed by atoms with van der Waals surface area (Å²) < 4.78 is 4.40. The predicted octanol–water partition coefficient (Wildman–Crippen LogP) is -0.556. The highest BCUT2D eigenvalue weighted by Gasteiger charge is 1.81. The number of carbonyl (C=O) groups is 2. The zero-order valence-corrected chi connectivity index (χ0v) is 8.33. The topological polar surface area (TPSA) is 115 Å². The number of carboxylic acids is 1. The predicted molar refractivity (Wildman–Crippen MR) is 47.4 cm³/mol. The van der Waals surface area contributed by atoms with Gasteiger partial charge in [0.2, 0.25) is 0 Å². The molecule has 0 saturated heterocycles. The molecule has 4 N–H and O–H groups in total. The lowest BCUT2D eigenvalue weighted by atomic mass is 10.8. The van der Waals surface area contributed by atoms with Crippen molar-refractivity contribution in [2.75, 3.05) is 13.7 Å². The van der Waals surface area contributed by atoms with E-state index in [4.69, 9.17) is 15.0 Å². The third kappa shape index (κ3) is 246. The fourth-order valence-electron chi connectivity index (χ4n) is 0.203. The van der Waals surface area contributed by atoms with E-state index in [2.05, 4.69) is 4.74 Å². The van der Waals surface area contributed by atoms with Gasteiger partial charge in [0.25, 0.3) is 5.97 Å². The lowest BCUT2D eigenvalue weighted by molar-refractivity contribution is -0.140. The largest absolute Gasteiger partial charge is 0.481 e. The molecule has 0 bridgehead atoms. The van der Waals surface area contributed by atoms with Gasteiger partial charge in [-0.3, -0.25) is 9.59 Å². The van der Waals surface area contributed by atoms with Gasteiger partial charge in [0, 0.05) is 21.0 Å². The first kappa shape index (κ1) is 22.6. The third-order valence-corrected chi connectivity index (χ3v) is 0.348. The van der Waals surface area contributed by atoms with Gasteiger partial charge in [0.15, 0.2) is 0 Å². The number of aliphatic hydroxyl groups excluding tert-OH is 1. The molecule has 0 unspecified atom stereocenters. The minimum atomic E-state index is -0.833. The van der Waals surface area contributed by atoms with Gasteiger partial charge in [0.05, 0.1) is 6.61 Å². The zero-order valence-electron chi connectivity index (χ0n) is 8.33. The van der Waals surface area contributed by atoms with E-state index in [0.717, 1.165) is 14.0 Å². The molecule has 6 nitrogen and oxygen atoms in total. The van der Waals surface area contributed by atoms with E-state index >= 15 is 0 Å². The number of hydrogen-bond donors (Lipinski definition) is 2. The molecule has 0 saturated carbocycles. The molecule has 0 aromatic heterocycles. The fraction of sp³-hybridized carbons (Fsp3) is 0.714. The number of hydrogen-bond acceptors (Lipinski definition) is 4. The van der Waals surface area contributed by atoms with Crippen LogP contribution in [0.5, 0.6) is 0 Å². The summed E-state index contributed by atoms with van der Waals surface area (Å²) in [5.74, 6) is -1.04. The van der Waals surface area contributed by atoms with Crippen molar-refractivity contribution in [3.05, 3.63) is 0 Å². The van der Waals surface area contributed by atoms with Crippen molar-refractivity contribution in [1.82, 2.24) is 0 Å². The van der Waals surface area contributed by atoms with E-state index in [1.807, 2.05) is 0 Å². The third-order valence-electron chi connectivity index (χ3n) is 0.348. The number of aliphatic carboxylic acids is 1. The van der Waals surface area contributed by atoms with E-state index in [-0.39, 0.29) is 11.4 Å². The summed E-state index contributed by atoms with van der Waals surface area (Å²) in [7, 11) is 1.00. The summed E-state index contributed by atoms with van der Waals surface area (Å²) in [5.41, 5.74) is 0. The Balaban J connectivity index is -0.0000000512. The SMILES string of the molecule is CC(=O)O.CCOC(C)=O.CO.O. The summed E-state index contributed by atoms with van der Waals surface area (Å²) >= 11 is 0. The van der Waals surface area contributed by atoms with Crippen LogP contribution in [0.4, 0.5) is 0 Å². The van der Waals surface area contributed by atoms with Crippen LogP contribution in [0.3, 0.4) is 0 Å². The summed E-state index contributed by atoms with van der Waals surface area (Å²) in [6.45, 7) is 4.74. The number of carbonyl (C=O) groups excluding carboxylic acids is 1. The molecular formula is C7H18O6. The molecule has 0 radical (unpaired) electrons. The van der Waals surface area contributed by atoms with Gasteiger partial charge in [-0.25, -0.2) is 0 Å². The van der Waals surface area contributed by atoms with Gasteiger partial charge in [-0.1, -0.05) is 0 Å². The standard InChI is InChI=1S/C4H8O2.C2H4O2.CH4O.H2O/c1-3-6-4(2)5;1-2(3)4;1-2;/h3H2,1-2H3;1H3,(H,3,4);2H,1H3;1H2. The first-order chi connectivity index (χ1) is 5.50.